The Balaban J connectivity index is 2.66. The van der Waals surface area contributed by atoms with Crippen LogP contribution < -0.4 is 5.73 Å². The lowest BCUT2D eigenvalue weighted by Gasteiger charge is -2.17. The molecule has 0 aromatic carbocycles. The number of nitrogens with zero attached hydrogens (tertiary/aromatic N) is 2. The normalized spacial score (nSPS) is 13.1. The number of hydrogen-bond donors (Lipinski definition) is 1. The molecule has 16 heavy (non-hydrogen) atoms. The number of methoxy groups -OCH3 is 1. The number of hydrogen-bond acceptors (Lipinski definition) is 5. The summed E-state index contributed by atoms with van der Waals surface area (Å²) in [5, 5.41) is 3.91. The lowest BCUT2D eigenvalue weighted by Crippen LogP contribution is -2.32. The first-order valence-electron chi connectivity index (χ1n) is 5.42. The SMILES string of the molecule is COC(C)(C)c1noc(CCC(C)(C)N)n1. The van der Waals surface area contributed by atoms with Crippen molar-refractivity contribution < 1.29 is 9.26 Å². The van der Waals surface area contributed by atoms with E-state index in [9.17, 15) is 0 Å². The Kier molecular flexibility index (Phi) is 3.70. The van der Waals surface area contributed by atoms with E-state index in [0.717, 1.165) is 6.42 Å². The lowest BCUT2D eigenvalue weighted by molar-refractivity contribution is 0.00973. The van der Waals surface area contributed by atoms with Crippen LogP contribution in [-0.2, 0) is 16.8 Å². The summed E-state index contributed by atoms with van der Waals surface area (Å²) < 4.78 is 10.4. The highest BCUT2D eigenvalue weighted by Gasteiger charge is 2.26. The van der Waals surface area contributed by atoms with Crippen LogP contribution in [0.1, 0.15) is 45.8 Å². The van der Waals surface area contributed by atoms with E-state index in [1.807, 2.05) is 27.7 Å². The van der Waals surface area contributed by atoms with Gasteiger partial charge in [-0.2, -0.15) is 4.98 Å². The maximum Gasteiger partial charge on any atom is 0.226 e. The van der Waals surface area contributed by atoms with E-state index in [4.69, 9.17) is 15.0 Å². The largest absolute Gasteiger partial charge is 0.371 e. The molecular weight excluding hydrogens is 206 g/mol. The molecule has 0 unspecified atom stereocenters. The van der Waals surface area contributed by atoms with Gasteiger partial charge in [-0.15, -0.1) is 0 Å². The highest BCUT2D eigenvalue weighted by atomic mass is 16.5. The molecule has 0 radical (unpaired) electrons. The van der Waals surface area contributed by atoms with Gasteiger partial charge in [-0.25, -0.2) is 0 Å². The van der Waals surface area contributed by atoms with E-state index < -0.39 is 5.60 Å². The summed E-state index contributed by atoms with van der Waals surface area (Å²) in [5.74, 6) is 1.18. The predicted octanol–water partition coefficient (Wildman–Crippen LogP) is 1.62. The highest BCUT2D eigenvalue weighted by Crippen LogP contribution is 2.21. The summed E-state index contributed by atoms with van der Waals surface area (Å²) in [6.45, 7) is 7.75. The molecular formula is C11H21N3O2. The maximum absolute atomic E-state index is 5.89. The van der Waals surface area contributed by atoms with E-state index >= 15 is 0 Å². The van der Waals surface area contributed by atoms with Crippen molar-refractivity contribution in [3.8, 4) is 0 Å². The van der Waals surface area contributed by atoms with Crippen LogP contribution in [0.15, 0.2) is 4.52 Å². The maximum atomic E-state index is 5.89. The quantitative estimate of drug-likeness (QED) is 0.827. The second-order valence-corrected chi connectivity index (χ2v) is 5.21. The predicted molar refractivity (Wildman–Crippen MR) is 60.9 cm³/mol. The molecule has 0 fully saturated rings. The Morgan fingerprint density at radius 1 is 1.31 bits per heavy atom. The number of ether oxygens (including phenoxy) is 1. The van der Waals surface area contributed by atoms with Crippen molar-refractivity contribution in [3.05, 3.63) is 11.7 Å². The molecule has 1 rings (SSSR count). The van der Waals surface area contributed by atoms with E-state index in [-0.39, 0.29) is 5.54 Å². The smallest absolute Gasteiger partial charge is 0.226 e. The average Bonchev–Trinajstić information content (AvgIpc) is 2.62. The molecule has 0 aliphatic heterocycles. The Morgan fingerprint density at radius 2 is 1.94 bits per heavy atom. The molecule has 0 saturated heterocycles. The van der Waals surface area contributed by atoms with Gasteiger partial charge in [0.05, 0.1) is 0 Å². The summed E-state index contributed by atoms with van der Waals surface area (Å²) in [5.41, 5.74) is 5.16. The van der Waals surface area contributed by atoms with Crippen LogP contribution in [0.5, 0.6) is 0 Å². The third kappa shape index (κ3) is 3.57. The first kappa shape index (κ1) is 13.1. The van der Waals surface area contributed by atoms with E-state index in [1.54, 1.807) is 7.11 Å². The van der Waals surface area contributed by atoms with Crippen LogP contribution in [0.3, 0.4) is 0 Å². The first-order valence-corrected chi connectivity index (χ1v) is 5.42. The molecule has 2 N–H and O–H groups in total. The van der Waals surface area contributed by atoms with Gasteiger partial charge < -0.3 is 15.0 Å². The Labute approximate surface area is 96.4 Å². The standard InChI is InChI=1S/C11H21N3O2/c1-10(2,12)7-6-8-13-9(14-16-8)11(3,4)15-5/h6-7,12H2,1-5H3. The van der Waals surface area contributed by atoms with Crippen molar-refractivity contribution in [2.75, 3.05) is 7.11 Å². The highest BCUT2D eigenvalue weighted by molar-refractivity contribution is 4.97. The molecule has 0 aliphatic carbocycles. The van der Waals surface area contributed by atoms with Gasteiger partial charge in [0.1, 0.15) is 5.60 Å². The minimum Gasteiger partial charge on any atom is -0.371 e. The number of rotatable bonds is 5. The number of aromatic nitrogens is 2. The van der Waals surface area contributed by atoms with Crippen molar-refractivity contribution in [1.82, 2.24) is 10.1 Å². The number of aryl methyl sites for hydroxylation is 1. The van der Waals surface area contributed by atoms with Crippen molar-refractivity contribution >= 4 is 0 Å². The van der Waals surface area contributed by atoms with Crippen LogP contribution >= 0.6 is 0 Å². The van der Waals surface area contributed by atoms with Gasteiger partial charge in [0.25, 0.3) is 0 Å². The summed E-state index contributed by atoms with van der Waals surface area (Å²) in [4.78, 5) is 4.30. The second-order valence-electron chi connectivity index (χ2n) is 5.21. The van der Waals surface area contributed by atoms with Crippen LogP contribution in [0.4, 0.5) is 0 Å². The fourth-order valence-electron chi connectivity index (χ4n) is 1.12. The van der Waals surface area contributed by atoms with Gasteiger partial charge in [0, 0.05) is 19.1 Å². The third-order valence-corrected chi connectivity index (χ3v) is 2.50. The fraction of sp³-hybridized carbons (Fsp3) is 0.818. The summed E-state index contributed by atoms with van der Waals surface area (Å²) in [6.07, 6.45) is 1.50. The van der Waals surface area contributed by atoms with Gasteiger partial charge in [-0.1, -0.05) is 5.16 Å². The summed E-state index contributed by atoms with van der Waals surface area (Å²) in [7, 11) is 1.62. The van der Waals surface area contributed by atoms with Gasteiger partial charge in [-0.3, -0.25) is 0 Å². The van der Waals surface area contributed by atoms with Crippen molar-refractivity contribution in [1.29, 1.82) is 0 Å². The Hall–Kier alpha value is -0.940. The number of nitrogens with two attached hydrogens (primary N) is 1. The van der Waals surface area contributed by atoms with E-state index in [1.165, 1.54) is 0 Å². The fourth-order valence-corrected chi connectivity index (χ4v) is 1.12. The van der Waals surface area contributed by atoms with Gasteiger partial charge in [0.15, 0.2) is 0 Å². The zero-order valence-electron chi connectivity index (χ0n) is 10.7. The molecule has 1 heterocycles. The molecule has 0 saturated carbocycles. The molecule has 0 aliphatic rings. The van der Waals surface area contributed by atoms with Gasteiger partial charge in [-0.05, 0) is 34.1 Å². The monoisotopic (exact) mass is 227 g/mol. The van der Waals surface area contributed by atoms with Gasteiger partial charge >= 0.3 is 0 Å². The van der Waals surface area contributed by atoms with E-state index in [2.05, 4.69) is 10.1 Å². The minimum absolute atomic E-state index is 0.217. The van der Waals surface area contributed by atoms with Crippen LogP contribution in [0.25, 0.3) is 0 Å². The molecule has 92 valence electrons. The van der Waals surface area contributed by atoms with Gasteiger partial charge in [0.2, 0.25) is 11.7 Å². The molecule has 1 aromatic heterocycles. The first-order chi connectivity index (χ1) is 7.24. The van der Waals surface area contributed by atoms with Crippen molar-refractivity contribution in [2.24, 2.45) is 5.73 Å². The van der Waals surface area contributed by atoms with Crippen LogP contribution in [0.2, 0.25) is 0 Å². The molecule has 1 aromatic rings. The molecule has 5 nitrogen and oxygen atoms in total. The van der Waals surface area contributed by atoms with Crippen LogP contribution in [-0.4, -0.2) is 22.8 Å². The van der Waals surface area contributed by atoms with Crippen molar-refractivity contribution in [3.63, 3.8) is 0 Å². The molecule has 0 spiro atoms. The third-order valence-electron chi connectivity index (χ3n) is 2.50. The minimum atomic E-state index is -0.514. The lowest BCUT2D eigenvalue weighted by atomic mass is 10.0. The Bertz CT molecular complexity index is 339. The zero-order valence-corrected chi connectivity index (χ0v) is 10.7. The molecule has 0 atom stereocenters. The molecule has 5 heteroatoms. The molecule has 0 bridgehead atoms. The topological polar surface area (TPSA) is 74.2 Å². The van der Waals surface area contributed by atoms with E-state index in [0.29, 0.717) is 18.1 Å². The summed E-state index contributed by atoms with van der Waals surface area (Å²) >= 11 is 0. The van der Waals surface area contributed by atoms with Crippen molar-refractivity contribution in [2.45, 2.75) is 51.7 Å². The zero-order chi connectivity index (χ0) is 12.4. The average molecular weight is 227 g/mol. The summed E-state index contributed by atoms with van der Waals surface area (Å²) in [6, 6.07) is 0. The Morgan fingerprint density at radius 3 is 2.44 bits per heavy atom. The van der Waals surface area contributed by atoms with Crippen LogP contribution in [0, 0.1) is 0 Å². The molecule has 0 amide bonds. The second kappa shape index (κ2) is 4.51.